The van der Waals surface area contributed by atoms with E-state index in [4.69, 9.17) is 5.73 Å². The molecule has 108 valence electrons. The van der Waals surface area contributed by atoms with Gasteiger partial charge in [-0.05, 0) is 32.4 Å². The molecule has 0 aliphatic heterocycles. The van der Waals surface area contributed by atoms with E-state index in [9.17, 15) is 13.2 Å². The van der Waals surface area contributed by atoms with Crippen molar-refractivity contribution in [1.29, 1.82) is 0 Å². The van der Waals surface area contributed by atoms with E-state index in [1.165, 1.54) is 6.42 Å². The Hall–Kier alpha value is -0.290. The van der Waals surface area contributed by atoms with Crippen LogP contribution in [0, 0.1) is 0 Å². The van der Waals surface area contributed by atoms with E-state index in [1.54, 1.807) is 0 Å². The molecule has 0 aromatic rings. The van der Waals surface area contributed by atoms with Crippen molar-refractivity contribution in [2.75, 3.05) is 19.6 Å². The third-order valence-corrected chi connectivity index (χ3v) is 4.11. The molecule has 0 unspecified atom stereocenters. The lowest BCUT2D eigenvalue weighted by molar-refractivity contribution is -0.137. The molecule has 0 radical (unpaired) electrons. The molecule has 2 N–H and O–H groups in total. The van der Waals surface area contributed by atoms with E-state index >= 15 is 0 Å². The number of hydrogen-bond donors (Lipinski definition) is 1. The van der Waals surface area contributed by atoms with E-state index in [1.807, 2.05) is 6.92 Å². The molecule has 0 aromatic heterocycles. The van der Waals surface area contributed by atoms with Crippen molar-refractivity contribution in [1.82, 2.24) is 4.90 Å². The predicted molar refractivity (Wildman–Crippen MR) is 67.4 cm³/mol. The number of alkyl halides is 3. The van der Waals surface area contributed by atoms with Gasteiger partial charge in [0.25, 0.3) is 0 Å². The quantitative estimate of drug-likeness (QED) is 0.799. The molecule has 18 heavy (non-hydrogen) atoms. The Morgan fingerprint density at radius 2 is 1.78 bits per heavy atom. The molecule has 2 nitrogen and oxygen atoms in total. The lowest BCUT2D eigenvalue weighted by atomic mass is 9.80. The van der Waals surface area contributed by atoms with E-state index in [0.29, 0.717) is 13.1 Å². The second kappa shape index (κ2) is 6.75. The van der Waals surface area contributed by atoms with Gasteiger partial charge in [-0.2, -0.15) is 13.2 Å². The molecule has 1 rings (SSSR count). The largest absolute Gasteiger partial charge is 0.389 e. The smallest absolute Gasteiger partial charge is 0.329 e. The molecule has 1 fully saturated rings. The van der Waals surface area contributed by atoms with Gasteiger partial charge < -0.3 is 5.73 Å². The van der Waals surface area contributed by atoms with Crippen molar-refractivity contribution in [3.05, 3.63) is 0 Å². The summed E-state index contributed by atoms with van der Waals surface area (Å²) in [6.45, 7) is 3.87. The van der Waals surface area contributed by atoms with Gasteiger partial charge in [0.1, 0.15) is 0 Å². The molecule has 1 saturated carbocycles. The third-order valence-electron chi connectivity index (χ3n) is 4.11. The van der Waals surface area contributed by atoms with E-state index in [0.717, 1.165) is 32.2 Å². The first-order valence-corrected chi connectivity index (χ1v) is 6.95. The summed E-state index contributed by atoms with van der Waals surface area (Å²) in [5.74, 6) is 0. The normalized spacial score (nSPS) is 20.3. The second-order valence-electron chi connectivity index (χ2n) is 5.29. The Balaban J connectivity index is 2.52. The highest BCUT2D eigenvalue weighted by Crippen LogP contribution is 2.33. The van der Waals surface area contributed by atoms with Crippen molar-refractivity contribution < 1.29 is 13.2 Å². The van der Waals surface area contributed by atoms with Crippen LogP contribution in [0.15, 0.2) is 0 Å². The van der Waals surface area contributed by atoms with Crippen LogP contribution < -0.4 is 5.73 Å². The first kappa shape index (κ1) is 15.8. The van der Waals surface area contributed by atoms with Gasteiger partial charge in [0.05, 0.1) is 0 Å². The minimum atomic E-state index is -4.04. The maximum absolute atomic E-state index is 12.2. The molecule has 0 spiro atoms. The Labute approximate surface area is 108 Å². The van der Waals surface area contributed by atoms with Gasteiger partial charge in [-0.25, -0.2) is 0 Å². The highest BCUT2D eigenvalue weighted by Gasteiger charge is 2.36. The van der Waals surface area contributed by atoms with Crippen molar-refractivity contribution in [3.8, 4) is 0 Å². The fraction of sp³-hybridized carbons (Fsp3) is 1.00. The van der Waals surface area contributed by atoms with Gasteiger partial charge >= 0.3 is 6.18 Å². The Kier molecular flexibility index (Phi) is 5.92. The van der Waals surface area contributed by atoms with Gasteiger partial charge in [-0.1, -0.05) is 26.2 Å². The molecule has 1 aliphatic carbocycles. The van der Waals surface area contributed by atoms with Crippen LogP contribution >= 0.6 is 0 Å². The zero-order valence-electron chi connectivity index (χ0n) is 11.2. The van der Waals surface area contributed by atoms with Crippen molar-refractivity contribution in [2.45, 2.75) is 63.6 Å². The number of nitrogens with two attached hydrogens (primary N) is 1. The SMILES string of the molecule is CCN(CCCC(F)(F)F)C1(CN)CCCCC1. The van der Waals surface area contributed by atoms with Gasteiger partial charge in [0.2, 0.25) is 0 Å². The van der Waals surface area contributed by atoms with Crippen LogP contribution in [0.1, 0.15) is 51.9 Å². The first-order chi connectivity index (χ1) is 8.43. The fourth-order valence-electron chi connectivity index (χ4n) is 3.06. The van der Waals surface area contributed by atoms with Crippen molar-refractivity contribution in [3.63, 3.8) is 0 Å². The summed E-state index contributed by atoms with van der Waals surface area (Å²) in [5, 5.41) is 0. The minimum absolute atomic E-state index is 0.0431. The van der Waals surface area contributed by atoms with Crippen LogP contribution in [0.25, 0.3) is 0 Å². The maximum Gasteiger partial charge on any atom is 0.389 e. The van der Waals surface area contributed by atoms with Crippen LogP contribution in [0.2, 0.25) is 0 Å². The average Bonchev–Trinajstić information content (AvgIpc) is 2.34. The minimum Gasteiger partial charge on any atom is -0.329 e. The number of likely N-dealkylation sites (N-methyl/N-ethyl adjacent to an activating group) is 1. The Bertz CT molecular complexity index is 235. The Morgan fingerprint density at radius 3 is 2.22 bits per heavy atom. The zero-order valence-corrected chi connectivity index (χ0v) is 11.2. The van der Waals surface area contributed by atoms with Crippen molar-refractivity contribution >= 4 is 0 Å². The van der Waals surface area contributed by atoms with E-state index < -0.39 is 12.6 Å². The van der Waals surface area contributed by atoms with E-state index in [2.05, 4.69) is 4.90 Å². The summed E-state index contributed by atoms with van der Waals surface area (Å²) < 4.78 is 36.6. The number of halogens is 3. The highest BCUT2D eigenvalue weighted by atomic mass is 19.4. The maximum atomic E-state index is 12.2. The van der Waals surface area contributed by atoms with Crippen LogP contribution in [0.5, 0.6) is 0 Å². The lowest BCUT2D eigenvalue weighted by Crippen LogP contribution is -2.55. The second-order valence-corrected chi connectivity index (χ2v) is 5.29. The molecular formula is C13H25F3N2. The summed E-state index contributed by atoms with van der Waals surface area (Å²) in [6.07, 6.45) is 1.03. The van der Waals surface area contributed by atoms with Gasteiger partial charge in [0, 0.05) is 18.5 Å². The molecular weight excluding hydrogens is 241 g/mol. The van der Waals surface area contributed by atoms with Gasteiger partial charge in [-0.15, -0.1) is 0 Å². The third kappa shape index (κ3) is 4.43. The van der Waals surface area contributed by atoms with Crippen LogP contribution in [-0.2, 0) is 0 Å². The molecule has 0 aromatic carbocycles. The number of rotatable bonds is 6. The molecule has 0 atom stereocenters. The molecule has 0 saturated heterocycles. The van der Waals surface area contributed by atoms with E-state index in [-0.39, 0.29) is 12.0 Å². The van der Waals surface area contributed by atoms with Crippen LogP contribution in [0.4, 0.5) is 13.2 Å². The predicted octanol–water partition coefficient (Wildman–Crippen LogP) is 3.31. The lowest BCUT2D eigenvalue weighted by Gasteiger charge is -2.46. The summed E-state index contributed by atoms with van der Waals surface area (Å²) in [5.41, 5.74) is 5.87. The average molecular weight is 266 g/mol. The molecule has 0 bridgehead atoms. The summed E-state index contributed by atoms with van der Waals surface area (Å²) in [4.78, 5) is 2.18. The Morgan fingerprint density at radius 1 is 1.17 bits per heavy atom. The molecule has 0 amide bonds. The van der Waals surface area contributed by atoms with Crippen molar-refractivity contribution in [2.24, 2.45) is 5.73 Å². The fourth-order valence-corrected chi connectivity index (χ4v) is 3.06. The van der Waals surface area contributed by atoms with Gasteiger partial charge in [0.15, 0.2) is 0 Å². The highest BCUT2D eigenvalue weighted by molar-refractivity contribution is 4.93. The van der Waals surface area contributed by atoms with Crippen LogP contribution in [0.3, 0.4) is 0 Å². The van der Waals surface area contributed by atoms with Crippen LogP contribution in [-0.4, -0.2) is 36.2 Å². The van der Waals surface area contributed by atoms with Gasteiger partial charge in [-0.3, -0.25) is 4.90 Å². The number of nitrogens with zero attached hydrogens (tertiary/aromatic N) is 1. The zero-order chi connectivity index (χ0) is 13.6. The molecule has 1 aliphatic rings. The summed E-state index contributed by atoms with van der Waals surface area (Å²) in [7, 11) is 0. The topological polar surface area (TPSA) is 29.3 Å². The first-order valence-electron chi connectivity index (χ1n) is 6.95. The number of hydrogen-bond acceptors (Lipinski definition) is 2. The summed E-state index contributed by atoms with van der Waals surface area (Å²) in [6, 6.07) is 0. The summed E-state index contributed by atoms with van der Waals surface area (Å²) >= 11 is 0. The molecule has 5 heteroatoms. The standard InChI is InChI=1S/C13H25F3N2/c1-2-18(10-6-9-13(14,15)16)12(11-17)7-4-3-5-8-12/h2-11,17H2,1H3. The monoisotopic (exact) mass is 266 g/mol. The molecule has 0 heterocycles.